The van der Waals surface area contributed by atoms with Gasteiger partial charge in [0.05, 0.1) is 12.5 Å². The summed E-state index contributed by atoms with van der Waals surface area (Å²) in [5, 5.41) is 5.53. The molecule has 0 saturated carbocycles. The van der Waals surface area contributed by atoms with Crippen molar-refractivity contribution < 1.29 is 19.1 Å². The van der Waals surface area contributed by atoms with Crippen LogP contribution in [0.4, 0.5) is 5.69 Å². The van der Waals surface area contributed by atoms with E-state index in [-0.39, 0.29) is 18.9 Å². The van der Waals surface area contributed by atoms with Crippen LogP contribution in [-0.2, 0) is 19.1 Å². The van der Waals surface area contributed by atoms with E-state index in [1.807, 2.05) is 63.2 Å². The van der Waals surface area contributed by atoms with Crippen molar-refractivity contribution >= 4 is 23.5 Å². The van der Waals surface area contributed by atoms with Crippen molar-refractivity contribution in [2.24, 2.45) is 0 Å². The second-order valence-electron chi connectivity index (χ2n) is 6.85. The van der Waals surface area contributed by atoms with E-state index in [1.54, 1.807) is 0 Å². The predicted octanol–water partition coefficient (Wildman–Crippen LogP) is 3.36. The van der Waals surface area contributed by atoms with Crippen LogP contribution in [0.1, 0.15) is 41.6 Å². The molecule has 6 heteroatoms. The number of anilines is 1. The van der Waals surface area contributed by atoms with E-state index in [1.165, 1.54) is 6.92 Å². The zero-order valence-corrected chi connectivity index (χ0v) is 16.7. The third-order valence-electron chi connectivity index (χ3n) is 4.26. The van der Waals surface area contributed by atoms with Crippen molar-refractivity contribution in [1.29, 1.82) is 0 Å². The van der Waals surface area contributed by atoms with Gasteiger partial charge < -0.3 is 15.4 Å². The monoisotopic (exact) mass is 382 g/mol. The average molecular weight is 382 g/mol. The number of ether oxygens (including phenoxy) is 1. The first-order valence-electron chi connectivity index (χ1n) is 9.11. The SMILES string of the molecule is CC(=O)N[C@@H](CC(=O)OCC(=O)Nc1c(C)cc(C)cc1C)c1ccccc1. The van der Waals surface area contributed by atoms with Gasteiger partial charge >= 0.3 is 5.97 Å². The smallest absolute Gasteiger partial charge is 0.308 e. The van der Waals surface area contributed by atoms with E-state index in [0.717, 1.165) is 27.9 Å². The van der Waals surface area contributed by atoms with Crippen molar-refractivity contribution in [3.8, 4) is 0 Å². The Morgan fingerprint density at radius 3 is 2.18 bits per heavy atom. The Bertz CT molecular complexity index is 839. The highest BCUT2D eigenvalue weighted by Gasteiger charge is 2.19. The molecular formula is C22H26N2O4. The fourth-order valence-electron chi connectivity index (χ4n) is 3.11. The number of carbonyl (C=O) groups excluding carboxylic acids is 3. The van der Waals surface area contributed by atoms with Gasteiger partial charge in [-0.25, -0.2) is 0 Å². The van der Waals surface area contributed by atoms with Crippen LogP contribution in [0.2, 0.25) is 0 Å². The van der Waals surface area contributed by atoms with Crippen LogP contribution in [0.3, 0.4) is 0 Å². The Hall–Kier alpha value is -3.15. The number of aryl methyl sites for hydroxylation is 3. The first-order chi connectivity index (χ1) is 13.3. The van der Waals surface area contributed by atoms with Crippen LogP contribution in [0.15, 0.2) is 42.5 Å². The third kappa shape index (κ3) is 6.23. The number of rotatable bonds is 7. The molecule has 0 saturated heterocycles. The Labute approximate surface area is 165 Å². The summed E-state index contributed by atoms with van der Waals surface area (Å²) in [6, 6.07) is 12.6. The highest BCUT2D eigenvalue weighted by molar-refractivity contribution is 5.94. The second-order valence-corrected chi connectivity index (χ2v) is 6.85. The minimum absolute atomic E-state index is 0.0561. The fraction of sp³-hybridized carbons (Fsp3) is 0.318. The molecule has 1 atom stereocenters. The van der Waals surface area contributed by atoms with Crippen LogP contribution < -0.4 is 10.6 Å². The third-order valence-corrected chi connectivity index (χ3v) is 4.26. The minimum atomic E-state index is -0.560. The highest BCUT2D eigenvalue weighted by atomic mass is 16.5. The van der Waals surface area contributed by atoms with Crippen molar-refractivity contribution in [3.05, 3.63) is 64.7 Å². The normalized spacial score (nSPS) is 11.4. The molecule has 0 spiro atoms. The van der Waals surface area contributed by atoms with Gasteiger partial charge in [-0.15, -0.1) is 0 Å². The lowest BCUT2D eigenvalue weighted by Gasteiger charge is -2.18. The van der Waals surface area contributed by atoms with Gasteiger partial charge in [0.15, 0.2) is 6.61 Å². The molecule has 2 amide bonds. The van der Waals surface area contributed by atoms with Crippen molar-refractivity contribution in [2.45, 2.75) is 40.2 Å². The molecule has 0 bridgehead atoms. The molecule has 0 aliphatic heterocycles. The van der Waals surface area contributed by atoms with E-state index < -0.39 is 17.9 Å². The second kappa shape index (κ2) is 9.69. The molecule has 2 rings (SSSR count). The number of benzene rings is 2. The quantitative estimate of drug-likeness (QED) is 0.719. The Kier molecular flexibility index (Phi) is 7.32. The number of hydrogen-bond acceptors (Lipinski definition) is 4. The summed E-state index contributed by atoms with van der Waals surface area (Å²) in [6.45, 7) is 6.83. The molecular weight excluding hydrogens is 356 g/mol. The van der Waals surface area contributed by atoms with E-state index in [2.05, 4.69) is 10.6 Å². The van der Waals surface area contributed by atoms with Crippen molar-refractivity contribution in [3.63, 3.8) is 0 Å². The van der Waals surface area contributed by atoms with Gasteiger partial charge in [-0.05, 0) is 37.5 Å². The van der Waals surface area contributed by atoms with Gasteiger partial charge in [0.2, 0.25) is 5.91 Å². The molecule has 2 N–H and O–H groups in total. The number of carbonyl (C=O) groups is 3. The summed E-state index contributed by atoms with van der Waals surface area (Å²) in [6.07, 6.45) is -0.0561. The Morgan fingerprint density at radius 2 is 1.61 bits per heavy atom. The molecule has 148 valence electrons. The molecule has 28 heavy (non-hydrogen) atoms. The standard InChI is InChI=1S/C22H26N2O4/c1-14-10-15(2)22(16(3)11-14)24-20(26)13-28-21(27)12-19(23-17(4)25)18-8-6-5-7-9-18/h5-11,19H,12-13H2,1-4H3,(H,23,25)(H,24,26)/t19-/m0/s1. The summed E-state index contributed by atoms with van der Waals surface area (Å²) >= 11 is 0. The zero-order chi connectivity index (χ0) is 20.7. The summed E-state index contributed by atoms with van der Waals surface area (Å²) in [5.41, 5.74) is 4.54. The lowest BCUT2D eigenvalue weighted by atomic mass is 10.0. The maximum absolute atomic E-state index is 12.2. The molecule has 0 aliphatic rings. The predicted molar refractivity (Wildman–Crippen MR) is 108 cm³/mol. The van der Waals surface area contributed by atoms with Crippen LogP contribution in [0.25, 0.3) is 0 Å². The number of hydrogen-bond donors (Lipinski definition) is 2. The van der Waals surface area contributed by atoms with Gasteiger partial charge in [-0.1, -0.05) is 48.0 Å². The van der Waals surface area contributed by atoms with Crippen LogP contribution in [0, 0.1) is 20.8 Å². The highest BCUT2D eigenvalue weighted by Crippen LogP contribution is 2.22. The molecule has 0 aromatic heterocycles. The van der Waals surface area contributed by atoms with Gasteiger partial charge in [-0.3, -0.25) is 14.4 Å². The van der Waals surface area contributed by atoms with Crippen LogP contribution >= 0.6 is 0 Å². The lowest BCUT2D eigenvalue weighted by Crippen LogP contribution is -2.29. The van der Waals surface area contributed by atoms with Crippen LogP contribution in [-0.4, -0.2) is 24.4 Å². The molecule has 6 nitrogen and oxygen atoms in total. The van der Waals surface area contributed by atoms with Gasteiger partial charge in [0.25, 0.3) is 5.91 Å². The average Bonchev–Trinajstić information content (AvgIpc) is 2.63. The van der Waals surface area contributed by atoms with Crippen molar-refractivity contribution in [1.82, 2.24) is 5.32 Å². The maximum Gasteiger partial charge on any atom is 0.308 e. The summed E-state index contributed by atoms with van der Waals surface area (Å²) in [4.78, 5) is 35.8. The minimum Gasteiger partial charge on any atom is -0.455 e. The number of amides is 2. The largest absolute Gasteiger partial charge is 0.455 e. The van der Waals surface area contributed by atoms with Crippen molar-refractivity contribution in [2.75, 3.05) is 11.9 Å². The molecule has 2 aromatic rings. The van der Waals surface area contributed by atoms with E-state index >= 15 is 0 Å². The Morgan fingerprint density at radius 1 is 1.00 bits per heavy atom. The number of esters is 1. The van der Waals surface area contributed by atoms with Gasteiger partial charge in [-0.2, -0.15) is 0 Å². The number of nitrogens with one attached hydrogen (secondary N) is 2. The van der Waals surface area contributed by atoms with E-state index in [9.17, 15) is 14.4 Å². The van der Waals surface area contributed by atoms with Gasteiger partial charge in [0, 0.05) is 12.6 Å². The lowest BCUT2D eigenvalue weighted by molar-refractivity contribution is -0.148. The first-order valence-corrected chi connectivity index (χ1v) is 9.11. The molecule has 0 aliphatic carbocycles. The summed E-state index contributed by atoms with van der Waals surface area (Å²) in [5.74, 6) is -1.21. The fourth-order valence-corrected chi connectivity index (χ4v) is 3.11. The molecule has 0 unspecified atom stereocenters. The molecule has 0 fully saturated rings. The molecule has 0 radical (unpaired) electrons. The summed E-state index contributed by atoms with van der Waals surface area (Å²) in [7, 11) is 0. The maximum atomic E-state index is 12.2. The van der Waals surface area contributed by atoms with Gasteiger partial charge in [0.1, 0.15) is 0 Å². The molecule has 0 heterocycles. The molecule has 2 aromatic carbocycles. The van der Waals surface area contributed by atoms with E-state index in [0.29, 0.717) is 0 Å². The Balaban J connectivity index is 1.93. The summed E-state index contributed by atoms with van der Waals surface area (Å²) < 4.78 is 5.11. The zero-order valence-electron chi connectivity index (χ0n) is 16.7. The topological polar surface area (TPSA) is 84.5 Å². The van der Waals surface area contributed by atoms with E-state index in [4.69, 9.17) is 4.74 Å². The van der Waals surface area contributed by atoms with Crippen LogP contribution in [0.5, 0.6) is 0 Å². The first kappa shape index (κ1) is 21.2.